The molecule has 1 heterocycles. The Hall–Kier alpha value is -0.810. The van der Waals surface area contributed by atoms with Crippen LogP contribution in [0.3, 0.4) is 0 Å². The molecule has 64 valence electrons. The van der Waals surface area contributed by atoms with Gasteiger partial charge in [0.1, 0.15) is 6.10 Å². The summed E-state index contributed by atoms with van der Waals surface area (Å²) in [5.41, 5.74) is 2.68. The monoisotopic (exact) mass is 160 g/mol. The van der Waals surface area contributed by atoms with E-state index < -0.39 is 0 Å². The van der Waals surface area contributed by atoms with E-state index in [4.69, 9.17) is 9.57 Å². The minimum Gasteiger partial charge on any atom is -0.443 e. The molecule has 0 saturated carbocycles. The molecule has 0 aromatic heterocycles. The van der Waals surface area contributed by atoms with Gasteiger partial charge >= 0.3 is 6.09 Å². The first kappa shape index (κ1) is 8.29. The molecule has 0 aromatic rings. The van der Waals surface area contributed by atoms with Gasteiger partial charge in [-0.15, -0.1) is 0 Å². The first-order valence-corrected chi connectivity index (χ1v) is 3.62. The molecule has 5 heteroatoms. The van der Waals surface area contributed by atoms with Crippen molar-refractivity contribution in [3.05, 3.63) is 0 Å². The fourth-order valence-electron chi connectivity index (χ4n) is 0.800. The Labute approximate surface area is 65.0 Å². The molecule has 1 saturated heterocycles. The fraction of sp³-hybridized carbons (Fsp3) is 0.833. The summed E-state index contributed by atoms with van der Waals surface area (Å²) in [4.78, 5) is 15.3. The largest absolute Gasteiger partial charge is 0.443 e. The summed E-state index contributed by atoms with van der Waals surface area (Å²) >= 11 is 0. The lowest BCUT2D eigenvalue weighted by Crippen LogP contribution is -2.29. The van der Waals surface area contributed by atoms with Crippen molar-refractivity contribution in [1.82, 2.24) is 10.8 Å². The number of carbonyl (C=O) groups excluding carboxylic acids is 1. The predicted octanol–water partition coefficient (Wildman–Crippen LogP) is -0.364. The highest BCUT2D eigenvalue weighted by Gasteiger charge is 2.21. The van der Waals surface area contributed by atoms with E-state index in [-0.39, 0.29) is 12.2 Å². The fourth-order valence-corrected chi connectivity index (χ4v) is 0.800. The highest BCUT2D eigenvalue weighted by Crippen LogP contribution is 1.97. The second kappa shape index (κ2) is 4.15. The molecule has 0 aliphatic carbocycles. The molecule has 0 aromatic carbocycles. The third kappa shape index (κ3) is 2.73. The zero-order valence-electron chi connectivity index (χ0n) is 6.42. The van der Waals surface area contributed by atoms with Gasteiger partial charge in [-0.2, -0.15) is 5.48 Å². The standard InChI is InChI=1S/C6H12N2O3/c1-2-10-8-4-5-3-7-6(9)11-5/h5,8H,2-4H2,1H3,(H,7,9). The first-order chi connectivity index (χ1) is 5.33. The SMILES string of the molecule is CCONCC1CNC(=O)O1. The van der Waals surface area contributed by atoms with E-state index in [1.807, 2.05) is 6.92 Å². The molecule has 0 radical (unpaired) electrons. The Morgan fingerprint density at radius 2 is 2.73 bits per heavy atom. The zero-order valence-corrected chi connectivity index (χ0v) is 6.42. The van der Waals surface area contributed by atoms with Gasteiger partial charge in [-0.05, 0) is 6.92 Å². The Kier molecular flexibility index (Phi) is 3.13. The lowest BCUT2D eigenvalue weighted by Gasteiger charge is -2.07. The molecule has 1 amide bonds. The van der Waals surface area contributed by atoms with Crippen LogP contribution in [0.5, 0.6) is 0 Å². The van der Waals surface area contributed by atoms with Crippen LogP contribution in [-0.4, -0.2) is 31.9 Å². The number of hydrogen-bond acceptors (Lipinski definition) is 4. The average molecular weight is 160 g/mol. The summed E-state index contributed by atoms with van der Waals surface area (Å²) in [5, 5.41) is 2.54. The van der Waals surface area contributed by atoms with Crippen molar-refractivity contribution in [2.45, 2.75) is 13.0 Å². The number of carbonyl (C=O) groups is 1. The van der Waals surface area contributed by atoms with E-state index in [0.717, 1.165) is 0 Å². The van der Waals surface area contributed by atoms with Crippen molar-refractivity contribution in [3.8, 4) is 0 Å². The summed E-state index contributed by atoms with van der Waals surface area (Å²) in [6.45, 7) is 3.57. The molecule has 5 nitrogen and oxygen atoms in total. The van der Waals surface area contributed by atoms with Crippen LogP contribution < -0.4 is 10.8 Å². The maximum absolute atomic E-state index is 10.5. The highest BCUT2D eigenvalue weighted by atomic mass is 16.6. The summed E-state index contributed by atoms with van der Waals surface area (Å²) in [5.74, 6) is 0. The second-order valence-corrected chi connectivity index (χ2v) is 2.19. The Balaban J connectivity index is 2.04. The quantitative estimate of drug-likeness (QED) is 0.435. The number of alkyl carbamates (subject to hydrolysis) is 1. The molecule has 1 rings (SSSR count). The van der Waals surface area contributed by atoms with Crippen molar-refractivity contribution in [1.29, 1.82) is 0 Å². The van der Waals surface area contributed by atoms with Crippen LogP contribution in [0.4, 0.5) is 4.79 Å². The van der Waals surface area contributed by atoms with Crippen molar-refractivity contribution in [2.24, 2.45) is 0 Å². The van der Waals surface area contributed by atoms with Crippen LogP contribution >= 0.6 is 0 Å². The zero-order chi connectivity index (χ0) is 8.10. The van der Waals surface area contributed by atoms with Crippen LogP contribution in [0.15, 0.2) is 0 Å². The summed E-state index contributed by atoms with van der Waals surface area (Å²) in [7, 11) is 0. The number of cyclic esters (lactones) is 1. The molecular formula is C6H12N2O3. The number of hydroxylamine groups is 1. The molecule has 1 fully saturated rings. The van der Waals surface area contributed by atoms with E-state index in [1.165, 1.54) is 0 Å². The Bertz CT molecular complexity index is 140. The smallest absolute Gasteiger partial charge is 0.407 e. The van der Waals surface area contributed by atoms with Crippen molar-refractivity contribution >= 4 is 6.09 Å². The van der Waals surface area contributed by atoms with E-state index in [9.17, 15) is 4.79 Å². The third-order valence-electron chi connectivity index (χ3n) is 1.31. The molecular weight excluding hydrogens is 148 g/mol. The molecule has 0 bridgehead atoms. The van der Waals surface area contributed by atoms with Crippen LogP contribution in [-0.2, 0) is 9.57 Å². The minimum absolute atomic E-state index is 0.103. The number of hydrogen-bond donors (Lipinski definition) is 2. The van der Waals surface area contributed by atoms with Gasteiger partial charge in [-0.25, -0.2) is 4.79 Å². The Morgan fingerprint density at radius 3 is 3.27 bits per heavy atom. The van der Waals surface area contributed by atoms with Gasteiger partial charge in [-0.1, -0.05) is 0 Å². The molecule has 2 N–H and O–H groups in total. The third-order valence-corrected chi connectivity index (χ3v) is 1.31. The Morgan fingerprint density at radius 1 is 1.91 bits per heavy atom. The lowest BCUT2D eigenvalue weighted by molar-refractivity contribution is 0.0260. The van der Waals surface area contributed by atoms with E-state index in [1.54, 1.807) is 0 Å². The molecule has 1 unspecified atom stereocenters. The number of amides is 1. The van der Waals surface area contributed by atoms with Gasteiger partial charge in [0.05, 0.1) is 19.7 Å². The van der Waals surface area contributed by atoms with Crippen LogP contribution in [0.2, 0.25) is 0 Å². The summed E-state index contributed by atoms with van der Waals surface area (Å²) < 4.78 is 4.82. The molecule has 11 heavy (non-hydrogen) atoms. The van der Waals surface area contributed by atoms with Gasteiger partial charge in [0.25, 0.3) is 0 Å². The normalized spacial score (nSPS) is 23.0. The van der Waals surface area contributed by atoms with Gasteiger partial charge < -0.3 is 14.9 Å². The van der Waals surface area contributed by atoms with Crippen molar-refractivity contribution in [3.63, 3.8) is 0 Å². The predicted molar refractivity (Wildman–Crippen MR) is 37.9 cm³/mol. The molecule has 1 atom stereocenters. The maximum atomic E-state index is 10.5. The van der Waals surface area contributed by atoms with E-state index in [2.05, 4.69) is 10.8 Å². The second-order valence-electron chi connectivity index (χ2n) is 2.19. The molecule has 1 aliphatic rings. The number of rotatable bonds is 4. The van der Waals surface area contributed by atoms with E-state index in [0.29, 0.717) is 19.7 Å². The topological polar surface area (TPSA) is 59.6 Å². The van der Waals surface area contributed by atoms with E-state index >= 15 is 0 Å². The first-order valence-electron chi connectivity index (χ1n) is 3.62. The van der Waals surface area contributed by atoms with Crippen LogP contribution in [0.25, 0.3) is 0 Å². The number of ether oxygens (including phenoxy) is 1. The van der Waals surface area contributed by atoms with Crippen LogP contribution in [0.1, 0.15) is 6.92 Å². The summed E-state index contributed by atoms with van der Waals surface area (Å²) in [6.07, 6.45) is -0.456. The lowest BCUT2D eigenvalue weighted by atomic mass is 10.4. The van der Waals surface area contributed by atoms with Gasteiger partial charge in [0, 0.05) is 0 Å². The number of nitrogens with one attached hydrogen (secondary N) is 2. The average Bonchev–Trinajstić information content (AvgIpc) is 2.37. The van der Waals surface area contributed by atoms with Crippen LogP contribution in [0, 0.1) is 0 Å². The van der Waals surface area contributed by atoms with Gasteiger partial charge in [-0.3, -0.25) is 0 Å². The highest BCUT2D eigenvalue weighted by molar-refractivity contribution is 5.69. The molecule has 1 aliphatic heterocycles. The maximum Gasteiger partial charge on any atom is 0.407 e. The van der Waals surface area contributed by atoms with Crippen molar-refractivity contribution < 1.29 is 14.4 Å². The molecule has 0 spiro atoms. The van der Waals surface area contributed by atoms with Gasteiger partial charge in [0.15, 0.2) is 0 Å². The summed E-state index contributed by atoms with van der Waals surface area (Å²) in [6, 6.07) is 0. The van der Waals surface area contributed by atoms with Crippen molar-refractivity contribution in [2.75, 3.05) is 19.7 Å². The van der Waals surface area contributed by atoms with Gasteiger partial charge in [0.2, 0.25) is 0 Å². The minimum atomic E-state index is -0.353.